The van der Waals surface area contributed by atoms with Crippen LogP contribution >= 0.6 is 31.9 Å². The molecule has 30 heteroatoms. The van der Waals surface area contributed by atoms with Gasteiger partial charge in [-0.15, -0.1) is 12.0 Å². The predicted octanol–water partition coefficient (Wildman–Crippen LogP) is 12.7. The highest BCUT2D eigenvalue weighted by Crippen LogP contribution is 2.34. The normalized spacial score (nSPS) is 12.1. The van der Waals surface area contributed by atoms with Crippen molar-refractivity contribution >= 4 is 104 Å². The summed E-state index contributed by atoms with van der Waals surface area (Å²) in [5.41, 5.74) is 32.7. The molecule has 27 nitrogen and oxygen atoms in total. The molecular formula is C87H97Br2N11O16Si. The van der Waals surface area contributed by atoms with Gasteiger partial charge in [0.2, 0.25) is 5.91 Å². The summed E-state index contributed by atoms with van der Waals surface area (Å²) in [4.78, 5) is 106. The van der Waals surface area contributed by atoms with E-state index in [1.54, 1.807) is 117 Å². The second kappa shape index (κ2) is 45.9. The van der Waals surface area contributed by atoms with Crippen LogP contribution in [0, 0.1) is 47.5 Å². The summed E-state index contributed by atoms with van der Waals surface area (Å²) in [6.07, 6.45) is 12.7. The molecule has 6 aromatic carbocycles. The molecule has 117 heavy (non-hydrogen) atoms. The van der Waals surface area contributed by atoms with E-state index in [-0.39, 0.29) is 86.9 Å². The summed E-state index contributed by atoms with van der Waals surface area (Å²) in [5.74, 6) is 18.2. The highest BCUT2D eigenvalue weighted by atomic mass is 79.9. The van der Waals surface area contributed by atoms with Crippen molar-refractivity contribution in [1.29, 1.82) is 0 Å². The Labute approximate surface area is 699 Å². The minimum Gasteiger partial charge on any atom is -0.497 e. The lowest BCUT2D eigenvalue weighted by atomic mass is 10.1. The number of nitrogens with zero attached hydrogens (tertiary/aromatic N) is 5. The lowest BCUT2D eigenvalue weighted by Gasteiger charge is -2.15. The molecule has 1 saturated heterocycles. The number of primary amides is 2. The molecule has 2 fully saturated rings. The van der Waals surface area contributed by atoms with Crippen LogP contribution in [0.4, 0.5) is 11.6 Å². The first-order chi connectivity index (χ1) is 55.6. The fraction of sp³-hybridized carbons (Fsp3) is 0.299. The number of carboxylic acid groups (broad SMARTS) is 1. The molecule has 0 bridgehead atoms. The Hall–Kier alpha value is -12.9. The number of nitrogen functional groups attached to an aromatic ring is 2. The van der Waals surface area contributed by atoms with Crippen molar-refractivity contribution in [1.82, 2.24) is 35.1 Å². The first kappa shape index (κ1) is 94.7. The molecular weight excluding hydrogens is 1640 g/mol. The summed E-state index contributed by atoms with van der Waals surface area (Å²) in [5, 5.41) is 22.6. The number of likely N-dealkylation sites (tertiary alicyclic amines) is 1. The Balaban J connectivity index is 0.000000261. The van der Waals surface area contributed by atoms with Crippen molar-refractivity contribution in [2.24, 2.45) is 11.5 Å². The van der Waals surface area contributed by atoms with E-state index in [2.05, 4.69) is 120 Å². The van der Waals surface area contributed by atoms with Crippen LogP contribution < -0.4 is 62.0 Å². The maximum atomic E-state index is 12.1. The topological polar surface area (TPSA) is 396 Å². The van der Waals surface area contributed by atoms with E-state index >= 15 is 0 Å². The van der Waals surface area contributed by atoms with Crippen LogP contribution in [0.2, 0.25) is 19.6 Å². The number of rotatable bonds is 20. The smallest absolute Gasteiger partial charge is 0.335 e. The van der Waals surface area contributed by atoms with Gasteiger partial charge in [0.15, 0.2) is 28.7 Å². The molecule has 1 aliphatic heterocycles. The number of carboxylic acids is 1. The van der Waals surface area contributed by atoms with Gasteiger partial charge in [-0.1, -0.05) is 115 Å². The van der Waals surface area contributed by atoms with E-state index in [0.717, 1.165) is 35.7 Å². The lowest BCUT2D eigenvalue weighted by molar-refractivity contribution is -0.125. The third-order valence-electron chi connectivity index (χ3n) is 17.4. The molecule has 0 radical (unpaired) electrons. The summed E-state index contributed by atoms with van der Waals surface area (Å²) < 4.78 is 35.4. The van der Waals surface area contributed by atoms with E-state index in [4.69, 9.17) is 62.9 Å². The van der Waals surface area contributed by atoms with Crippen LogP contribution in [0.1, 0.15) is 201 Å². The van der Waals surface area contributed by atoms with Crippen LogP contribution in [0.25, 0.3) is 0 Å². The van der Waals surface area contributed by atoms with Gasteiger partial charge < -0.3 is 72.0 Å². The van der Waals surface area contributed by atoms with Crippen molar-refractivity contribution in [3.63, 3.8) is 0 Å². The Morgan fingerprint density at radius 3 is 1.21 bits per heavy atom. The van der Waals surface area contributed by atoms with Gasteiger partial charge in [0.25, 0.3) is 23.6 Å². The molecule has 2 aliphatic rings. The average molecular weight is 1740 g/mol. The van der Waals surface area contributed by atoms with Gasteiger partial charge in [-0.25, -0.2) is 14.2 Å². The number of carbonyl (C=O) groups excluding carboxylic acids is 8. The number of terminal acetylenes is 1. The zero-order valence-electron chi connectivity index (χ0n) is 67.9. The van der Waals surface area contributed by atoms with Gasteiger partial charge >= 0.3 is 5.97 Å². The number of nitrogens with two attached hydrogens (primary N) is 4. The van der Waals surface area contributed by atoms with Gasteiger partial charge in [-0.2, -0.15) is 10.2 Å². The maximum Gasteiger partial charge on any atom is 0.335 e. The Morgan fingerprint density at radius 1 is 0.513 bits per heavy atom. The third kappa shape index (κ3) is 28.3. The van der Waals surface area contributed by atoms with Crippen molar-refractivity contribution in [3.05, 3.63) is 209 Å². The number of halogens is 2. The fourth-order valence-electron chi connectivity index (χ4n) is 11.4. The molecule has 11 N–H and O–H groups in total. The van der Waals surface area contributed by atoms with Gasteiger partial charge in [-0.05, 0) is 146 Å². The first-order valence-electron chi connectivity index (χ1n) is 36.6. The maximum absolute atomic E-state index is 12.1. The second-order valence-corrected chi connectivity index (χ2v) is 33.3. The Bertz CT molecular complexity index is 5250. The van der Waals surface area contributed by atoms with Crippen LogP contribution in [-0.2, 0) is 4.79 Å². The number of Topliss-reactive ketones (excluding diaryl/α,β-unsaturated/α-hetero) is 3. The number of anilines is 2. The third-order valence-corrected chi connectivity index (χ3v) is 19.2. The number of ketones is 3. The largest absolute Gasteiger partial charge is 0.497 e. The zero-order chi connectivity index (χ0) is 87.0. The number of hydrogen-bond donors (Lipinski definition) is 7. The summed E-state index contributed by atoms with van der Waals surface area (Å²) in [6, 6.07) is 30.4. The van der Waals surface area contributed by atoms with E-state index in [1.807, 2.05) is 39.0 Å². The van der Waals surface area contributed by atoms with Gasteiger partial charge in [-0.3, -0.25) is 38.4 Å². The van der Waals surface area contributed by atoms with Gasteiger partial charge in [0, 0.05) is 105 Å². The van der Waals surface area contributed by atoms with E-state index in [1.165, 1.54) is 51.3 Å². The minimum absolute atomic E-state index is 0.0143. The lowest BCUT2D eigenvalue weighted by Crippen LogP contribution is -2.27. The molecule has 5 amide bonds. The molecule has 614 valence electrons. The summed E-state index contributed by atoms with van der Waals surface area (Å²) in [7, 11) is 10.9. The second-order valence-electron chi connectivity index (χ2n) is 26.7. The number of hydrogen-bond acceptors (Lipinski definition) is 19. The number of ether oxygens (including phenoxy) is 6. The van der Waals surface area contributed by atoms with Crippen molar-refractivity contribution in [2.45, 2.75) is 104 Å². The van der Waals surface area contributed by atoms with Crippen molar-refractivity contribution in [3.8, 4) is 82.0 Å². The van der Waals surface area contributed by atoms with Gasteiger partial charge in [0.05, 0.1) is 60.3 Å². The molecule has 1 atom stereocenters. The predicted molar refractivity (Wildman–Crippen MR) is 459 cm³/mol. The highest BCUT2D eigenvalue weighted by molar-refractivity contribution is 9.10. The average Bonchev–Trinajstić information content (AvgIpc) is 1.64. The van der Waals surface area contributed by atoms with Crippen LogP contribution in [0.5, 0.6) is 34.5 Å². The Kier molecular flexibility index (Phi) is 37.1. The molecule has 2 aromatic heterocycles. The fourth-order valence-corrected chi connectivity index (χ4v) is 12.8. The molecule has 1 aliphatic carbocycles. The van der Waals surface area contributed by atoms with Crippen molar-refractivity contribution < 1.29 is 76.7 Å². The van der Waals surface area contributed by atoms with E-state index < -0.39 is 25.9 Å². The summed E-state index contributed by atoms with van der Waals surface area (Å²) >= 11 is 6.50. The number of amides is 5. The van der Waals surface area contributed by atoms with Crippen LogP contribution in [-0.4, -0.2) is 160 Å². The van der Waals surface area contributed by atoms with E-state index in [0.29, 0.717) is 122 Å². The molecule has 1 saturated carbocycles. The van der Waals surface area contributed by atoms with E-state index in [9.17, 15) is 43.2 Å². The molecule has 0 spiro atoms. The standard InChI is InChI=1S/C22H24N6O4.C20H23N5O3.C15H20O2Si.C12H12O2.C10H11BrO2.C8H7BrO3/c1-4-18(29)27-8-7-15(12-27)28-20(23)19(21(24)30)17(26-28)6-5-13-9-14(22(31)25-2)11-16(10-13)32-3;1-23-20(27)13-9-12(10-15(11-13)28-2)7-8-16-17(19(22)26)18(21)25(24-16)14-5-3-4-6-14;1-6-15(16)13-9-12(7-8-18(3,4)5)10-14(11-13)17-2;1-4-9-6-10(12(13)5-2)8-11(7-9)14-3;1-3-10(12)7-4-8(11)6-9(5-7)13-2;1-12-7-3-5(8(10)11)2-6(9)4-7/h4,9-11,15H,1,7-8,12,23H2,2-3H3,(H2,24,30)(H,25,31);9-11,14H,3-6,21H2,1-2H3,(H2,22,26)(H,23,27);9-11H,6H2,1-5H3;1,6-8H,5H2,2-3H3;4-6H,3H2,1-2H3;2-4H,1H3,(H,10,11)/t15-;;;;;/m0...../s1. The number of benzene rings is 6. The quantitative estimate of drug-likeness (QED) is 0.0161. The van der Waals surface area contributed by atoms with Crippen molar-refractivity contribution in [2.75, 3.05) is 81.3 Å². The van der Waals surface area contributed by atoms with Gasteiger partial charge in [0.1, 0.15) is 65.3 Å². The summed E-state index contributed by atoms with van der Waals surface area (Å²) in [6.45, 7) is 16.5. The monoisotopic (exact) mass is 1740 g/mol. The molecule has 8 aromatic rings. The Morgan fingerprint density at radius 2 is 0.855 bits per heavy atom. The van der Waals surface area contributed by atoms with Crippen LogP contribution in [0.15, 0.2) is 131 Å². The molecule has 10 rings (SSSR count). The highest BCUT2D eigenvalue weighted by Gasteiger charge is 2.31. The first-order valence-corrected chi connectivity index (χ1v) is 41.7. The number of nitrogens with one attached hydrogen (secondary N) is 2. The number of aromatic carboxylic acids is 1. The minimum atomic E-state index is -1.41. The van der Waals surface area contributed by atoms with Crippen LogP contribution in [0.3, 0.4) is 0 Å². The SMILES string of the molecule is C#Cc1cc(OC)cc(C(=O)CC)c1.C=CC(=O)N1CC[C@H](n2nc(C#Cc3cc(OC)cc(C(=O)NC)c3)c(C(N)=O)c2N)C1.CCC(=O)c1cc(Br)cc(OC)c1.CCC(=O)c1cc(C#C[Si](C)(C)C)cc(OC)c1.CNC(=O)c1cc(C#Cc2nn(C3CCCC3)c(N)c2C(N)=O)cc(OC)c1.COc1cc(Br)cc(C(=O)O)c1. The number of carbonyl (C=O) groups is 9. The number of methoxy groups -OCH3 is 6. The zero-order valence-corrected chi connectivity index (χ0v) is 72.0. The number of aromatic nitrogens is 4. The molecule has 0 unspecified atom stereocenters. The molecule has 3 heterocycles.